The SMILES string of the molecule is Cc1cc(OCCCN2CCN(c3ccc(C(=O)NS(=O)(=O)c4ccc(Br)cc4)cc3)CC2)cc(C)c1Cl. The lowest BCUT2D eigenvalue weighted by molar-refractivity contribution is 0.0981. The number of hydrogen-bond acceptors (Lipinski definition) is 6. The van der Waals surface area contributed by atoms with E-state index < -0.39 is 15.9 Å². The summed E-state index contributed by atoms with van der Waals surface area (Å²) in [6.45, 7) is 9.21. The second-order valence-electron chi connectivity index (χ2n) is 9.34. The molecule has 0 aromatic heterocycles. The van der Waals surface area contributed by atoms with Crippen molar-refractivity contribution in [2.75, 3.05) is 44.2 Å². The highest BCUT2D eigenvalue weighted by Gasteiger charge is 2.20. The first kappa shape index (κ1) is 28.4. The minimum atomic E-state index is -3.94. The van der Waals surface area contributed by atoms with Gasteiger partial charge in [-0.15, -0.1) is 0 Å². The second kappa shape index (κ2) is 12.5. The van der Waals surface area contributed by atoms with Gasteiger partial charge in [0, 0.05) is 53.5 Å². The first-order valence-corrected chi connectivity index (χ1v) is 15.1. The quantitative estimate of drug-likeness (QED) is 0.322. The number of nitrogens with one attached hydrogen (secondary N) is 1. The third kappa shape index (κ3) is 7.28. The Morgan fingerprint density at radius 1 is 0.974 bits per heavy atom. The summed E-state index contributed by atoms with van der Waals surface area (Å²) >= 11 is 9.50. The number of hydrogen-bond donors (Lipinski definition) is 1. The van der Waals surface area contributed by atoms with E-state index in [1.54, 1.807) is 24.3 Å². The van der Waals surface area contributed by atoms with Gasteiger partial charge in [-0.3, -0.25) is 9.69 Å². The van der Waals surface area contributed by atoms with Crippen molar-refractivity contribution >= 4 is 49.1 Å². The van der Waals surface area contributed by atoms with Crippen LogP contribution in [-0.4, -0.2) is 58.6 Å². The van der Waals surface area contributed by atoms with Crippen LogP contribution in [0.2, 0.25) is 5.02 Å². The van der Waals surface area contributed by atoms with Crippen molar-refractivity contribution in [1.82, 2.24) is 9.62 Å². The van der Waals surface area contributed by atoms with Crippen LogP contribution in [0.3, 0.4) is 0 Å². The summed E-state index contributed by atoms with van der Waals surface area (Å²) in [5.41, 5.74) is 3.35. The summed E-state index contributed by atoms with van der Waals surface area (Å²) in [6.07, 6.45) is 0.938. The molecular weight excluding hydrogens is 590 g/mol. The Bertz CT molecular complexity index is 1350. The number of nitrogens with zero attached hydrogens (tertiary/aromatic N) is 2. The molecule has 1 N–H and O–H groups in total. The Morgan fingerprint density at radius 3 is 2.18 bits per heavy atom. The molecule has 3 aromatic carbocycles. The third-order valence-electron chi connectivity index (χ3n) is 6.52. The highest BCUT2D eigenvalue weighted by Crippen LogP contribution is 2.26. The lowest BCUT2D eigenvalue weighted by Crippen LogP contribution is -2.46. The van der Waals surface area contributed by atoms with Crippen molar-refractivity contribution in [3.05, 3.63) is 86.8 Å². The van der Waals surface area contributed by atoms with Crippen LogP contribution >= 0.6 is 27.5 Å². The van der Waals surface area contributed by atoms with Crippen molar-refractivity contribution in [3.8, 4) is 5.75 Å². The van der Waals surface area contributed by atoms with Crippen molar-refractivity contribution < 1.29 is 17.9 Å². The number of piperazine rings is 1. The maximum Gasteiger partial charge on any atom is 0.264 e. The van der Waals surface area contributed by atoms with Crippen LogP contribution in [0.5, 0.6) is 5.75 Å². The van der Waals surface area contributed by atoms with Crippen LogP contribution in [0.1, 0.15) is 27.9 Å². The summed E-state index contributed by atoms with van der Waals surface area (Å²) in [5.74, 6) is 0.202. The summed E-state index contributed by atoms with van der Waals surface area (Å²) in [4.78, 5) is 17.3. The van der Waals surface area contributed by atoms with Crippen LogP contribution in [0.25, 0.3) is 0 Å². The van der Waals surface area contributed by atoms with Gasteiger partial charge in [-0.05, 0) is 92.1 Å². The number of ether oxygens (including phenoxy) is 1. The van der Waals surface area contributed by atoms with Crippen molar-refractivity contribution in [1.29, 1.82) is 0 Å². The minimum Gasteiger partial charge on any atom is -0.494 e. The number of sulfonamides is 1. The lowest BCUT2D eigenvalue weighted by Gasteiger charge is -2.36. The Kier molecular flexibility index (Phi) is 9.36. The fourth-order valence-electron chi connectivity index (χ4n) is 4.37. The van der Waals surface area contributed by atoms with E-state index in [1.165, 1.54) is 12.1 Å². The van der Waals surface area contributed by atoms with E-state index in [-0.39, 0.29) is 4.90 Å². The monoisotopic (exact) mass is 619 g/mol. The Hall–Kier alpha value is -2.59. The van der Waals surface area contributed by atoms with Gasteiger partial charge in [0.05, 0.1) is 11.5 Å². The summed E-state index contributed by atoms with van der Waals surface area (Å²) in [7, 11) is -3.94. The molecule has 3 aromatic rings. The third-order valence-corrected chi connectivity index (χ3v) is 8.99. The van der Waals surface area contributed by atoms with Crippen LogP contribution in [-0.2, 0) is 10.0 Å². The number of carbonyl (C=O) groups excluding carboxylic acids is 1. The maximum absolute atomic E-state index is 12.6. The molecule has 38 heavy (non-hydrogen) atoms. The molecular formula is C28H31BrClN3O4S. The predicted molar refractivity (Wildman–Crippen MR) is 155 cm³/mol. The molecule has 0 atom stereocenters. The van der Waals surface area contributed by atoms with Gasteiger partial charge in [0.15, 0.2) is 0 Å². The summed E-state index contributed by atoms with van der Waals surface area (Å²) < 4.78 is 33.8. The van der Waals surface area contributed by atoms with E-state index >= 15 is 0 Å². The van der Waals surface area contributed by atoms with Gasteiger partial charge in [-0.25, -0.2) is 13.1 Å². The van der Waals surface area contributed by atoms with E-state index in [1.807, 2.05) is 38.1 Å². The molecule has 1 aliphatic heterocycles. The van der Waals surface area contributed by atoms with Crippen molar-refractivity contribution in [2.45, 2.75) is 25.2 Å². The van der Waals surface area contributed by atoms with Crippen LogP contribution < -0.4 is 14.4 Å². The fourth-order valence-corrected chi connectivity index (χ4v) is 5.72. The molecule has 7 nitrogen and oxygen atoms in total. The molecule has 1 fully saturated rings. The number of aryl methyl sites for hydroxylation is 2. The van der Waals surface area contributed by atoms with E-state index in [0.29, 0.717) is 12.2 Å². The molecule has 0 bridgehead atoms. The molecule has 1 aliphatic rings. The Labute approximate surface area is 237 Å². The molecule has 10 heteroatoms. The molecule has 0 spiro atoms. The molecule has 1 amide bonds. The molecule has 0 unspecified atom stereocenters. The van der Waals surface area contributed by atoms with E-state index in [9.17, 15) is 13.2 Å². The minimum absolute atomic E-state index is 0.0327. The molecule has 1 heterocycles. The average molecular weight is 621 g/mol. The normalized spacial score (nSPS) is 14.4. The maximum atomic E-state index is 12.6. The number of anilines is 1. The standard InChI is InChI=1S/C28H31BrClN3O4S/c1-20-18-25(19-21(2)27(20)30)37-17-3-12-32-13-15-33(16-14-32)24-8-4-22(5-9-24)28(34)31-38(35,36)26-10-6-23(29)7-11-26/h4-11,18-19H,3,12-17H2,1-2H3,(H,31,34). The summed E-state index contributed by atoms with van der Waals surface area (Å²) in [6, 6.07) is 17.1. The van der Waals surface area contributed by atoms with E-state index in [4.69, 9.17) is 16.3 Å². The van der Waals surface area contributed by atoms with Crippen LogP contribution in [0, 0.1) is 13.8 Å². The van der Waals surface area contributed by atoms with Crippen molar-refractivity contribution in [2.24, 2.45) is 0 Å². The van der Waals surface area contributed by atoms with Gasteiger partial charge < -0.3 is 9.64 Å². The van der Waals surface area contributed by atoms with E-state index in [2.05, 4.69) is 30.5 Å². The van der Waals surface area contributed by atoms with Crippen LogP contribution in [0.15, 0.2) is 70.0 Å². The van der Waals surface area contributed by atoms with Gasteiger partial charge in [0.2, 0.25) is 0 Å². The number of carbonyl (C=O) groups is 1. The zero-order valence-electron chi connectivity index (χ0n) is 21.4. The number of amides is 1. The number of rotatable bonds is 9. The first-order valence-electron chi connectivity index (χ1n) is 12.4. The molecule has 0 radical (unpaired) electrons. The number of halogens is 2. The Balaban J connectivity index is 1.22. The van der Waals surface area contributed by atoms with Gasteiger partial charge in [0.1, 0.15) is 5.75 Å². The fraction of sp³-hybridized carbons (Fsp3) is 0.321. The van der Waals surface area contributed by atoms with Crippen molar-refractivity contribution in [3.63, 3.8) is 0 Å². The van der Waals surface area contributed by atoms with Gasteiger partial charge >= 0.3 is 0 Å². The van der Waals surface area contributed by atoms with Gasteiger partial charge in [-0.2, -0.15) is 0 Å². The number of benzene rings is 3. The van der Waals surface area contributed by atoms with Gasteiger partial charge in [-0.1, -0.05) is 27.5 Å². The Morgan fingerprint density at radius 2 is 1.58 bits per heavy atom. The summed E-state index contributed by atoms with van der Waals surface area (Å²) in [5, 5.41) is 0.790. The smallest absolute Gasteiger partial charge is 0.264 e. The lowest BCUT2D eigenvalue weighted by atomic mass is 10.1. The highest BCUT2D eigenvalue weighted by molar-refractivity contribution is 9.10. The second-order valence-corrected chi connectivity index (χ2v) is 12.3. The molecule has 0 saturated carbocycles. The van der Waals surface area contributed by atoms with Gasteiger partial charge in [0.25, 0.3) is 15.9 Å². The molecule has 4 rings (SSSR count). The topological polar surface area (TPSA) is 79.0 Å². The molecule has 0 aliphatic carbocycles. The molecule has 202 valence electrons. The van der Waals surface area contributed by atoms with Crippen LogP contribution in [0.4, 0.5) is 5.69 Å². The zero-order valence-corrected chi connectivity index (χ0v) is 24.6. The largest absolute Gasteiger partial charge is 0.494 e. The molecule has 1 saturated heterocycles. The first-order chi connectivity index (χ1) is 18.1. The van der Waals surface area contributed by atoms with E-state index in [0.717, 1.165) is 71.2 Å². The highest BCUT2D eigenvalue weighted by atomic mass is 79.9. The predicted octanol–water partition coefficient (Wildman–Crippen LogP) is 5.43. The average Bonchev–Trinajstić information content (AvgIpc) is 2.90. The zero-order chi connectivity index (χ0) is 27.3.